The van der Waals surface area contributed by atoms with Gasteiger partial charge in [-0.2, -0.15) is 0 Å². The largest absolute Gasteiger partial charge is 0.478 e. The monoisotopic (exact) mass is 367 g/mol. The molecule has 0 unspecified atom stereocenters. The normalized spacial score (nSPS) is 20.1. The van der Waals surface area contributed by atoms with Gasteiger partial charge in [0.2, 0.25) is 0 Å². The van der Waals surface area contributed by atoms with Crippen LogP contribution in [0.3, 0.4) is 0 Å². The van der Waals surface area contributed by atoms with Crippen LogP contribution < -0.4 is 9.80 Å². The Bertz CT molecular complexity index is 818. The van der Waals surface area contributed by atoms with Crippen LogP contribution in [0.5, 0.6) is 0 Å². The van der Waals surface area contributed by atoms with Gasteiger partial charge in [-0.1, -0.05) is 0 Å². The molecule has 1 N–H and O–H groups in total. The molecule has 0 aromatic carbocycles. The molecule has 2 aliphatic heterocycles. The molecule has 2 fully saturated rings. The van der Waals surface area contributed by atoms with Crippen molar-refractivity contribution in [3.05, 3.63) is 41.5 Å². The van der Waals surface area contributed by atoms with Crippen molar-refractivity contribution in [1.82, 2.24) is 15.0 Å². The summed E-state index contributed by atoms with van der Waals surface area (Å²) < 4.78 is 0. The maximum Gasteiger partial charge on any atom is 0.337 e. The Kier molecular flexibility index (Phi) is 4.92. The molecule has 2 aromatic heterocycles. The third kappa shape index (κ3) is 3.86. The number of aryl methyl sites for hydroxylation is 1. The van der Waals surface area contributed by atoms with Crippen LogP contribution in [-0.2, 0) is 0 Å². The van der Waals surface area contributed by atoms with Gasteiger partial charge in [0.15, 0.2) is 0 Å². The first-order chi connectivity index (χ1) is 13.1. The van der Waals surface area contributed by atoms with Crippen molar-refractivity contribution in [3.63, 3.8) is 0 Å². The van der Waals surface area contributed by atoms with Gasteiger partial charge in [-0.05, 0) is 44.7 Å². The van der Waals surface area contributed by atoms with E-state index in [9.17, 15) is 4.79 Å². The Morgan fingerprint density at radius 2 is 1.85 bits per heavy atom. The van der Waals surface area contributed by atoms with Crippen LogP contribution in [0, 0.1) is 6.92 Å². The van der Waals surface area contributed by atoms with Crippen LogP contribution in [0.4, 0.5) is 11.6 Å². The van der Waals surface area contributed by atoms with Gasteiger partial charge in [0.1, 0.15) is 17.5 Å². The number of carboxylic acids is 1. The van der Waals surface area contributed by atoms with Gasteiger partial charge in [-0.15, -0.1) is 0 Å². The first kappa shape index (κ1) is 17.7. The lowest BCUT2D eigenvalue weighted by Gasteiger charge is -2.33. The number of hydrogen-bond donors (Lipinski definition) is 1. The molecule has 7 heteroatoms. The zero-order chi connectivity index (χ0) is 18.8. The van der Waals surface area contributed by atoms with Crippen molar-refractivity contribution in [3.8, 4) is 0 Å². The third-order valence-corrected chi connectivity index (χ3v) is 5.43. The molecular weight excluding hydrogens is 342 g/mol. The van der Waals surface area contributed by atoms with Gasteiger partial charge in [0, 0.05) is 44.4 Å². The number of pyridine rings is 1. The van der Waals surface area contributed by atoms with Crippen LogP contribution in [0.2, 0.25) is 0 Å². The summed E-state index contributed by atoms with van der Waals surface area (Å²) in [5.74, 6) is 2.10. The molecule has 7 nitrogen and oxygen atoms in total. The quantitative estimate of drug-likeness (QED) is 0.890. The molecule has 1 atom stereocenters. The number of nitrogens with zero attached hydrogens (tertiary/aromatic N) is 5. The van der Waals surface area contributed by atoms with Crippen molar-refractivity contribution in [2.24, 2.45) is 0 Å². The fraction of sp³-hybridized carbons (Fsp3) is 0.500. The number of carboxylic acid groups (broad SMARTS) is 1. The summed E-state index contributed by atoms with van der Waals surface area (Å²) in [6, 6.07) is 5.58. The molecule has 2 saturated heterocycles. The standard InChI is InChI=1S/C20H25N5O2/c1-14-22-17(11-19(23-14)24-8-2-3-9-24)16-5-4-10-25(13-16)18-7-6-15(12-21-18)20(26)27/h6-7,11-12,16H,2-5,8-10,13H2,1H3,(H,26,27)/t16-/m0/s1. The summed E-state index contributed by atoms with van der Waals surface area (Å²) in [5, 5.41) is 9.05. The van der Waals surface area contributed by atoms with Crippen molar-refractivity contribution in [2.45, 2.75) is 38.5 Å². The summed E-state index contributed by atoms with van der Waals surface area (Å²) in [7, 11) is 0. The first-order valence-corrected chi connectivity index (χ1v) is 9.65. The molecule has 2 aliphatic rings. The molecule has 142 valence electrons. The highest BCUT2D eigenvalue weighted by Crippen LogP contribution is 2.30. The highest BCUT2D eigenvalue weighted by atomic mass is 16.4. The molecule has 4 heterocycles. The van der Waals surface area contributed by atoms with E-state index in [2.05, 4.69) is 25.8 Å². The molecule has 0 saturated carbocycles. The van der Waals surface area contributed by atoms with E-state index in [1.165, 1.54) is 19.0 Å². The minimum absolute atomic E-state index is 0.217. The number of rotatable bonds is 4. The molecule has 0 bridgehead atoms. The maximum atomic E-state index is 11.0. The van der Waals surface area contributed by atoms with E-state index >= 15 is 0 Å². The van der Waals surface area contributed by atoms with Gasteiger partial charge < -0.3 is 14.9 Å². The molecule has 27 heavy (non-hydrogen) atoms. The number of aromatic nitrogens is 3. The fourth-order valence-corrected chi connectivity index (χ4v) is 4.02. The highest BCUT2D eigenvalue weighted by molar-refractivity contribution is 5.87. The zero-order valence-corrected chi connectivity index (χ0v) is 15.6. The fourth-order valence-electron chi connectivity index (χ4n) is 4.02. The Morgan fingerprint density at radius 1 is 1.07 bits per heavy atom. The molecule has 0 radical (unpaired) electrons. The van der Waals surface area contributed by atoms with E-state index in [0.717, 1.165) is 62.2 Å². The number of carbonyl (C=O) groups is 1. The summed E-state index contributed by atoms with van der Waals surface area (Å²) >= 11 is 0. The lowest BCUT2D eigenvalue weighted by Crippen LogP contribution is -2.35. The second kappa shape index (κ2) is 7.50. The molecule has 0 spiro atoms. The summed E-state index contributed by atoms with van der Waals surface area (Å²) in [5.41, 5.74) is 1.32. The highest BCUT2D eigenvalue weighted by Gasteiger charge is 2.25. The number of aromatic carboxylic acids is 1. The van der Waals surface area contributed by atoms with E-state index in [-0.39, 0.29) is 5.56 Å². The number of piperidine rings is 1. The van der Waals surface area contributed by atoms with Gasteiger partial charge >= 0.3 is 5.97 Å². The van der Waals surface area contributed by atoms with E-state index in [4.69, 9.17) is 10.1 Å². The Balaban J connectivity index is 1.53. The van der Waals surface area contributed by atoms with Gasteiger partial charge in [0.05, 0.1) is 11.3 Å². The van der Waals surface area contributed by atoms with Crippen molar-refractivity contribution in [1.29, 1.82) is 0 Å². The maximum absolute atomic E-state index is 11.0. The van der Waals surface area contributed by atoms with Gasteiger partial charge in [-0.3, -0.25) is 0 Å². The Labute approximate surface area is 159 Å². The van der Waals surface area contributed by atoms with E-state index in [0.29, 0.717) is 5.92 Å². The second-order valence-corrected chi connectivity index (χ2v) is 7.39. The van der Waals surface area contributed by atoms with E-state index in [1.54, 1.807) is 12.1 Å². The van der Waals surface area contributed by atoms with Gasteiger partial charge in [0.25, 0.3) is 0 Å². The lowest BCUT2D eigenvalue weighted by atomic mass is 9.94. The van der Waals surface area contributed by atoms with Crippen LogP contribution in [0.1, 0.15) is 53.5 Å². The molecule has 4 rings (SSSR count). The number of anilines is 2. The smallest absolute Gasteiger partial charge is 0.337 e. The van der Waals surface area contributed by atoms with Crippen molar-refractivity contribution < 1.29 is 9.90 Å². The predicted octanol–water partition coefficient (Wildman–Crippen LogP) is 2.86. The third-order valence-electron chi connectivity index (χ3n) is 5.43. The molecule has 2 aromatic rings. The first-order valence-electron chi connectivity index (χ1n) is 9.65. The molecule has 0 aliphatic carbocycles. The number of hydrogen-bond acceptors (Lipinski definition) is 6. The van der Waals surface area contributed by atoms with Crippen molar-refractivity contribution in [2.75, 3.05) is 36.0 Å². The van der Waals surface area contributed by atoms with Gasteiger partial charge in [-0.25, -0.2) is 19.7 Å². The molecular formula is C20H25N5O2. The Morgan fingerprint density at radius 3 is 2.56 bits per heavy atom. The van der Waals surface area contributed by atoms with Crippen molar-refractivity contribution >= 4 is 17.6 Å². The van der Waals surface area contributed by atoms with Crippen LogP contribution in [-0.4, -0.2) is 52.2 Å². The zero-order valence-electron chi connectivity index (χ0n) is 15.6. The second-order valence-electron chi connectivity index (χ2n) is 7.39. The minimum Gasteiger partial charge on any atom is -0.478 e. The van der Waals surface area contributed by atoms with Crippen LogP contribution >= 0.6 is 0 Å². The SMILES string of the molecule is Cc1nc([C@H]2CCCN(c3ccc(C(=O)O)cn3)C2)cc(N2CCCC2)n1. The van der Waals surface area contributed by atoms with E-state index < -0.39 is 5.97 Å². The van der Waals surface area contributed by atoms with Crippen LogP contribution in [0.15, 0.2) is 24.4 Å². The average molecular weight is 367 g/mol. The average Bonchev–Trinajstić information content (AvgIpc) is 3.23. The summed E-state index contributed by atoms with van der Waals surface area (Å²) in [6.45, 7) is 5.89. The van der Waals surface area contributed by atoms with E-state index in [1.807, 2.05) is 6.92 Å². The minimum atomic E-state index is -0.948. The molecule has 0 amide bonds. The van der Waals surface area contributed by atoms with Crippen LogP contribution in [0.25, 0.3) is 0 Å². The Hall–Kier alpha value is -2.70. The predicted molar refractivity (Wildman–Crippen MR) is 104 cm³/mol. The topological polar surface area (TPSA) is 82.5 Å². The summed E-state index contributed by atoms with van der Waals surface area (Å²) in [4.78, 5) is 29.3. The lowest BCUT2D eigenvalue weighted by molar-refractivity contribution is 0.0696. The summed E-state index contributed by atoms with van der Waals surface area (Å²) in [6.07, 6.45) is 6.05.